The highest BCUT2D eigenvalue weighted by Crippen LogP contribution is 2.22. The van der Waals surface area contributed by atoms with Gasteiger partial charge in [0.05, 0.1) is 18.3 Å². The Hall–Kier alpha value is -2.60. The number of nitrogens with zero attached hydrogens (tertiary/aromatic N) is 2. The average Bonchev–Trinajstić information content (AvgIpc) is 3.17. The quantitative estimate of drug-likeness (QED) is 0.816. The monoisotopic (exact) mass is 368 g/mol. The van der Waals surface area contributed by atoms with Crippen molar-refractivity contribution < 1.29 is 9.32 Å². The molecule has 0 aliphatic carbocycles. The summed E-state index contributed by atoms with van der Waals surface area (Å²) in [4.78, 5) is 12.6. The largest absolute Gasteiger partial charge is 0.361 e. The molecule has 0 saturated carbocycles. The third-order valence-corrected chi connectivity index (χ3v) is 4.82. The van der Waals surface area contributed by atoms with Crippen molar-refractivity contribution in [3.05, 3.63) is 64.3 Å². The van der Waals surface area contributed by atoms with Crippen LogP contribution in [0, 0.1) is 12.8 Å². The van der Waals surface area contributed by atoms with Gasteiger partial charge in [-0.25, -0.2) is 5.43 Å². The number of amides is 1. The second-order valence-corrected chi connectivity index (χ2v) is 7.59. The lowest BCUT2D eigenvalue weighted by Crippen LogP contribution is -2.37. The zero-order valence-corrected chi connectivity index (χ0v) is 16.7. The molecule has 3 rings (SSSR count). The fraction of sp³-hybridized carbons (Fsp3) is 0.429. The molecule has 6 heteroatoms. The van der Waals surface area contributed by atoms with Crippen molar-refractivity contribution >= 4 is 5.91 Å². The number of hydrogen-bond donors (Lipinski definition) is 2. The van der Waals surface area contributed by atoms with Crippen LogP contribution in [-0.4, -0.2) is 22.1 Å². The van der Waals surface area contributed by atoms with Gasteiger partial charge in [-0.05, 0) is 37.8 Å². The van der Waals surface area contributed by atoms with Gasteiger partial charge < -0.3 is 14.8 Å². The normalized spacial score (nSPS) is 17.1. The number of aromatic nitrogens is 1. The first-order valence-corrected chi connectivity index (χ1v) is 9.41. The second kappa shape index (κ2) is 7.96. The van der Waals surface area contributed by atoms with E-state index in [9.17, 15) is 4.79 Å². The molecule has 1 aliphatic rings. The number of nitrogens with one attached hydrogen (secondary N) is 2. The third kappa shape index (κ3) is 4.39. The highest BCUT2D eigenvalue weighted by molar-refractivity contribution is 5.93. The number of benzene rings is 1. The SMILES string of the molecule is CC1=C(NC(=O)c2cc(CC(C)C)on2)[C@H](C)NN1Cc1ccccc1C. The zero-order valence-electron chi connectivity index (χ0n) is 16.7. The molecule has 0 radical (unpaired) electrons. The van der Waals surface area contributed by atoms with Crippen LogP contribution in [0.5, 0.6) is 0 Å². The van der Waals surface area contributed by atoms with E-state index in [1.807, 2.05) is 26.0 Å². The van der Waals surface area contributed by atoms with Crippen LogP contribution in [0.2, 0.25) is 0 Å². The van der Waals surface area contributed by atoms with Crippen LogP contribution in [-0.2, 0) is 13.0 Å². The highest BCUT2D eigenvalue weighted by atomic mass is 16.5. The molecule has 1 aromatic carbocycles. The number of hydrogen-bond acceptors (Lipinski definition) is 5. The van der Waals surface area contributed by atoms with Crippen molar-refractivity contribution in [3.63, 3.8) is 0 Å². The first-order valence-electron chi connectivity index (χ1n) is 9.41. The molecule has 0 spiro atoms. The molecule has 6 nitrogen and oxygen atoms in total. The molecule has 144 valence electrons. The Labute approximate surface area is 160 Å². The zero-order chi connectivity index (χ0) is 19.6. The van der Waals surface area contributed by atoms with Gasteiger partial charge in [0.15, 0.2) is 5.69 Å². The lowest BCUT2D eigenvalue weighted by atomic mass is 10.1. The van der Waals surface area contributed by atoms with E-state index in [4.69, 9.17) is 4.52 Å². The maximum Gasteiger partial charge on any atom is 0.277 e. The van der Waals surface area contributed by atoms with Gasteiger partial charge in [-0.1, -0.05) is 43.3 Å². The Bertz CT molecular complexity index is 853. The lowest BCUT2D eigenvalue weighted by Gasteiger charge is -2.22. The Morgan fingerprint density at radius 3 is 2.78 bits per heavy atom. The van der Waals surface area contributed by atoms with E-state index in [0.717, 1.165) is 30.1 Å². The molecule has 0 bridgehead atoms. The molecule has 0 unspecified atom stereocenters. The molecule has 0 saturated heterocycles. The van der Waals surface area contributed by atoms with E-state index >= 15 is 0 Å². The summed E-state index contributed by atoms with van der Waals surface area (Å²) in [6.07, 6.45) is 0.768. The Morgan fingerprint density at radius 2 is 2.07 bits per heavy atom. The van der Waals surface area contributed by atoms with Gasteiger partial charge in [-0.15, -0.1) is 0 Å². The van der Waals surface area contributed by atoms with Crippen molar-refractivity contribution in [2.45, 2.75) is 53.6 Å². The van der Waals surface area contributed by atoms with E-state index in [-0.39, 0.29) is 11.9 Å². The predicted octanol–water partition coefficient (Wildman–Crippen LogP) is 3.55. The van der Waals surface area contributed by atoms with Crippen molar-refractivity contribution in [2.75, 3.05) is 0 Å². The van der Waals surface area contributed by atoms with Gasteiger partial charge in [0.1, 0.15) is 5.76 Å². The highest BCUT2D eigenvalue weighted by Gasteiger charge is 2.28. The van der Waals surface area contributed by atoms with Gasteiger partial charge in [0.2, 0.25) is 0 Å². The van der Waals surface area contributed by atoms with Crippen molar-refractivity contribution in [1.29, 1.82) is 0 Å². The van der Waals surface area contributed by atoms with Gasteiger partial charge in [-0.3, -0.25) is 4.79 Å². The molecular formula is C21H28N4O2. The average molecular weight is 368 g/mol. The fourth-order valence-electron chi connectivity index (χ4n) is 3.28. The number of carbonyl (C=O) groups excluding carboxylic acids is 1. The van der Waals surface area contributed by atoms with Crippen LogP contribution in [0.4, 0.5) is 0 Å². The predicted molar refractivity (Wildman–Crippen MR) is 105 cm³/mol. The third-order valence-electron chi connectivity index (χ3n) is 4.82. The number of allylic oxidation sites excluding steroid dienone is 1. The first-order chi connectivity index (χ1) is 12.8. The van der Waals surface area contributed by atoms with Crippen molar-refractivity contribution in [2.24, 2.45) is 5.92 Å². The molecule has 2 aromatic rings. The minimum Gasteiger partial charge on any atom is -0.361 e. The van der Waals surface area contributed by atoms with Crippen LogP contribution in [0.3, 0.4) is 0 Å². The molecule has 1 aliphatic heterocycles. The Balaban J connectivity index is 1.71. The topological polar surface area (TPSA) is 70.4 Å². The molecule has 1 atom stereocenters. The van der Waals surface area contributed by atoms with Crippen LogP contribution in [0.25, 0.3) is 0 Å². The van der Waals surface area contributed by atoms with Crippen LogP contribution in [0.1, 0.15) is 55.1 Å². The Kier molecular flexibility index (Phi) is 5.65. The number of carbonyl (C=O) groups is 1. The first kappa shape index (κ1) is 19.2. The van der Waals surface area contributed by atoms with E-state index in [1.165, 1.54) is 11.1 Å². The molecule has 2 N–H and O–H groups in total. The maximum absolute atomic E-state index is 12.6. The van der Waals surface area contributed by atoms with Crippen molar-refractivity contribution in [3.8, 4) is 0 Å². The summed E-state index contributed by atoms with van der Waals surface area (Å²) in [6, 6.07) is 10.1. The molecule has 27 heavy (non-hydrogen) atoms. The molecule has 2 heterocycles. The van der Waals surface area contributed by atoms with E-state index in [2.05, 4.69) is 53.8 Å². The van der Waals surface area contributed by atoms with Gasteiger partial charge in [0.25, 0.3) is 5.91 Å². The van der Waals surface area contributed by atoms with E-state index < -0.39 is 0 Å². The van der Waals surface area contributed by atoms with E-state index in [1.54, 1.807) is 6.07 Å². The molecule has 1 aromatic heterocycles. The summed E-state index contributed by atoms with van der Waals surface area (Å²) in [5.74, 6) is 0.946. The van der Waals surface area contributed by atoms with Crippen LogP contribution >= 0.6 is 0 Å². The summed E-state index contributed by atoms with van der Waals surface area (Å²) < 4.78 is 5.28. The standard InChI is InChI=1S/C21H28N4O2/c1-13(2)10-18-11-19(24-27-18)21(26)22-20-15(4)23-25(16(20)5)12-17-9-7-6-8-14(17)3/h6-9,11,13,15,23H,10,12H2,1-5H3,(H,22,26)/t15-/m0/s1. The minimum absolute atomic E-state index is 0.0139. The summed E-state index contributed by atoms with van der Waals surface area (Å²) in [5, 5.41) is 9.00. The van der Waals surface area contributed by atoms with Crippen molar-refractivity contribution in [1.82, 2.24) is 20.9 Å². The number of aryl methyl sites for hydroxylation is 1. The maximum atomic E-state index is 12.6. The summed E-state index contributed by atoms with van der Waals surface area (Å²) >= 11 is 0. The van der Waals surface area contributed by atoms with Crippen LogP contribution < -0.4 is 10.7 Å². The summed E-state index contributed by atoms with van der Waals surface area (Å²) in [5.41, 5.74) is 8.10. The molecule has 1 amide bonds. The van der Waals surface area contributed by atoms with E-state index in [0.29, 0.717) is 11.6 Å². The summed E-state index contributed by atoms with van der Waals surface area (Å²) in [6.45, 7) is 11.1. The number of rotatable bonds is 6. The summed E-state index contributed by atoms with van der Waals surface area (Å²) in [7, 11) is 0. The Morgan fingerprint density at radius 1 is 1.33 bits per heavy atom. The van der Waals surface area contributed by atoms with Gasteiger partial charge in [-0.2, -0.15) is 0 Å². The van der Waals surface area contributed by atoms with Gasteiger partial charge >= 0.3 is 0 Å². The second-order valence-electron chi connectivity index (χ2n) is 7.59. The molecule has 0 fully saturated rings. The fourth-order valence-corrected chi connectivity index (χ4v) is 3.28. The van der Waals surface area contributed by atoms with Gasteiger partial charge in [0, 0.05) is 18.2 Å². The molecular weight excluding hydrogens is 340 g/mol. The minimum atomic E-state index is -0.241. The lowest BCUT2D eigenvalue weighted by molar-refractivity contribution is 0.0954. The van der Waals surface area contributed by atoms with Crippen LogP contribution in [0.15, 0.2) is 46.2 Å². The smallest absolute Gasteiger partial charge is 0.277 e. The number of hydrazine groups is 1.